The van der Waals surface area contributed by atoms with Crippen molar-refractivity contribution in [1.82, 2.24) is 0 Å². The summed E-state index contributed by atoms with van der Waals surface area (Å²) < 4.78 is 11.4. The molecule has 2 rings (SSSR count). The summed E-state index contributed by atoms with van der Waals surface area (Å²) >= 11 is 1.93. The van der Waals surface area contributed by atoms with Gasteiger partial charge in [0.15, 0.2) is 11.5 Å². The average molecular weight is 263 g/mol. The van der Waals surface area contributed by atoms with E-state index in [9.17, 15) is 0 Å². The minimum Gasteiger partial charge on any atom is -0.493 e. The number of nitriles is 1. The smallest absolute Gasteiger partial charge is 0.164 e. The standard InChI is InChI=1S/C14H17NO2S/c1-16-14-11(7-8-15)4-2-6-13(14)17-12-5-3-9-18-10-12/h2,4,6,12H,3,5,7,9-10H2,1H3. The van der Waals surface area contributed by atoms with Crippen LogP contribution in [0.25, 0.3) is 0 Å². The van der Waals surface area contributed by atoms with Gasteiger partial charge in [0.05, 0.1) is 19.6 Å². The number of benzene rings is 1. The average Bonchev–Trinajstić information content (AvgIpc) is 2.41. The summed E-state index contributed by atoms with van der Waals surface area (Å²) in [5.74, 6) is 3.73. The lowest BCUT2D eigenvalue weighted by Gasteiger charge is -2.24. The van der Waals surface area contributed by atoms with E-state index in [-0.39, 0.29) is 6.10 Å². The summed E-state index contributed by atoms with van der Waals surface area (Å²) in [6, 6.07) is 7.89. The number of methoxy groups -OCH3 is 1. The van der Waals surface area contributed by atoms with Crippen LogP contribution in [-0.2, 0) is 6.42 Å². The molecule has 1 unspecified atom stereocenters. The third-order valence-electron chi connectivity index (χ3n) is 2.95. The zero-order chi connectivity index (χ0) is 12.8. The third-order valence-corrected chi connectivity index (χ3v) is 4.13. The molecule has 1 heterocycles. The first-order valence-corrected chi connectivity index (χ1v) is 7.28. The summed E-state index contributed by atoms with van der Waals surface area (Å²) in [5.41, 5.74) is 0.890. The fourth-order valence-electron chi connectivity index (χ4n) is 2.09. The van der Waals surface area contributed by atoms with Crippen LogP contribution in [0.2, 0.25) is 0 Å². The second-order valence-electron chi connectivity index (χ2n) is 4.24. The Morgan fingerprint density at radius 2 is 2.39 bits per heavy atom. The lowest BCUT2D eigenvalue weighted by atomic mass is 10.1. The lowest BCUT2D eigenvalue weighted by Crippen LogP contribution is -2.23. The molecule has 1 saturated heterocycles. The van der Waals surface area contributed by atoms with Gasteiger partial charge in [-0.05, 0) is 24.7 Å². The van der Waals surface area contributed by atoms with Gasteiger partial charge in [-0.2, -0.15) is 17.0 Å². The maximum Gasteiger partial charge on any atom is 0.164 e. The van der Waals surface area contributed by atoms with Gasteiger partial charge in [0.2, 0.25) is 0 Å². The van der Waals surface area contributed by atoms with Crippen LogP contribution < -0.4 is 9.47 Å². The predicted molar refractivity (Wildman–Crippen MR) is 73.3 cm³/mol. The highest BCUT2D eigenvalue weighted by atomic mass is 32.2. The normalized spacial score (nSPS) is 19.0. The highest BCUT2D eigenvalue weighted by molar-refractivity contribution is 7.99. The van der Waals surface area contributed by atoms with Crippen LogP contribution in [0.3, 0.4) is 0 Å². The molecular weight excluding hydrogens is 246 g/mol. The molecule has 0 radical (unpaired) electrons. The van der Waals surface area contributed by atoms with Gasteiger partial charge in [0.25, 0.3) is 0 Å². The predicted octanol–water partition coefficient (Wildman–Crippen LogP) is 3.04. The van der Waals surface area contributed by atoms with Crippen molar-refractivity contribution in [2.75, 3.05) is 18.6 Å². The Morgan fingerprint density at radius 3 is 3.06 bits per heavy atom. The first kappa shape index (κ1) is 13.1. The molecule has 3 nitrogen and oxygen atoms in total. The second-order valence-corrected chi connectivity index (χ2v) is 5.39. The van der Waals surface area contributed by atoms with Crippen LogP contribution in [-0.4, -0.2) is 24.7 Å². The van der Waals surface area contributed by atoms with Gasteiger partial charge in [0.1, 0.15) is 6.10 Å². The molecule has 1 fully saturated rings. The molecule has 96 valence electrons. The molecule has 1 aromatic carbocycles. The number of thioether (sulfide) groups is 1. The number of rotatable bonds is 4. The Bertz CT molecular complexity index is 436. The molecular formula is C14H17NO2S. The molecule has 0 amide bonds. The van der Waals surface area contributed by atoms with Gasteiger partial charge in [-0.25, -0.2) is 0 Å². The van der Waals surface area contributed by atoms with Crippen molar-refractivity contribution in [2.24, 2.45) is 0 Å². The van der Waals surface area contributed by atoms with Crippen LogP contribution in [0.1, 0.15) is 18.4 Å². The molecule has 0 N–H and O–H groups in total. The van der Waals surface area contributed by atoms with Crippen LogP contribution in [0, 0.1) is 11.3 Å². The number of hydrogen-bond donors (Lipinski definition) is 0. The Morgan fingerprint density at radius 1 is 1.50 bits per heavy atom. The fraction of sp³-hybridized carbons (Fsp3) is 0.500. The van der Waals surface area contributed by atoms with Gasteiger partial charge in [-0.1, -0.05) is 12.1 Å². The van der Waals surface area contributed by atoms with E-state index in [0.717, 1.165) is 23.5 Å². The fourth-order valence-corrected chi connectivity index (χ4v) is 3.13. The molecule has 1 atom stereocenters. The van der Waals surface area contributed by atoms with E-state index in [4.69, 9.17) is 14.7 Å². The minimum absolute atomic E-state index is 0.259. The Balaban J connectivity index is 2.15. The summed E-state index contributed by atoms with van der Waals surface area (Å²) in [5, 5.41) is 8.80. The van der Waals surface area contributed by atoms with E-state index < -0.39 is 0 Å². The highest BCUT2D eigenvalue weighted by Crippen LogP contribution is 2.33. The van der Waals surface area contributed by atoms with E-state index in [2.05, 4.69) is 6.07 Å². The van der Waals surface area contributed by atoms with Gasteiger partial charge in [-0.15, -0.1) is 0 Å². The van der Waals surface area contributed by atoms with Crippen molar-refractivity contribution < 1.29 is 9.47 Å². The van der Waals surface area contributed by atoms with Crippen molar-refractivity contribution in [3.05, 3.63) is 23.8 Å². The quantitative estimate of drug-likeness (QED) is 0.837. The molecule has 0 aliphatic carbocycles. The topological polar surface area (TPSA) is 42.2 Å². The van der Waals surface area contributed by atoms with E-state index in [1.807, 2.05) is 30.0 Å². The Kier molecular flexibility index (Phi) is 4.77. The summed E-state index contributed by atoms with van der Waals surface area (Å²) in [7, 11) is 1.62. The molecule has 18 heavy (non-hydrogen) atoms. The van der Waals surface area contributed by atoms with Crippen molar-refractivity contribution in [3.8, 4) is 17.6 Å². The number of ether oxygens (including phenoxy) is 2. The van der Waals surface area contributed by atoms with Crippen molar-refractivity contribution in [2.45, 2.75) is 25.4 Å². The minimum atomic E-state index is 0.259. The van der Waals surface area contributed by atoms with Gasteiger partial charge < -0.3 is 9.47 Å². The number of para-hydroxylation sites is 1. The molecule has 1 aliphatic rings. The molecule has 0 spiro atoms. The van der Waals surface area contributed by atoms with Gasteiger partial charge in [-0.3, -0.25) is 0 Å². The van der Waals surface area contributed by atoms with Crippen molar-refractivity contribution in [1.29, 1.82) is 5.26 Å². The van der Waals surface area contributed by atoms with Crippen molar-refractivity contribution >= 4 is 11.8 Å². The zero-order valence-corrected chi connectivity index (χ0v) is 11.3. The van der Waals surface area contributed by atoms with E-state index in [1.165, 1.54) is 12.2 Å². The Hall–Kier alpha value is -1.34. The first-order chi connectivity index (χ1) is 8.85. The van der Waals surface area contributed by atoms with Crippen LogP contribution >= 0.6 is 11.8 Å². The summed E-state index contributed by atoms with van der Waals surface area (Å²) in [4.78, 5) is 0. The van der Waals surface area contributed by atoms with Gasteiger partial charge in [0, 0.05) is 11.3 Å². The lowest BCUT2D eigenvalue weighted by molar-refractivity contribution is 0.202. The van der Waals surface area contributed by atoms with Gasteiger partial charge >= 0.3 is 0 Å². The maximum atomic E-state index is 8.80. The largest absolute Gasteiger partial charge is 0.493 e. The van der Waals surface area contributed by atoms with Crippen LogP contribution in [0.5, 0.6) is 11.5 Å². The molecule has 0 bridgehead atoms. The highest BCUT2D eigenvalue weighted by Gasteiger charge is 2.18. The zero-order valence-electron chi connectivity index (χ0n) is 10.5. The van der Waals surface area contributed by atoms with E-state index >= 15 is 0 Å². The third kappa shape index (κ3) is 3.11. The summed E-state index contributed by atoms with van der Waals surface area (Å²) in [6.45, 7) is 0. The monoisotopic (exact) mass is 263 g/mol. The van der Waals surface area contributed by atoms with Crippen LogP contribution in [0.15, 0.2) is 18.2 Å². The van der Waals surface area contributed by atoms with Crippen molar-refractivity contribution in [3.63, 3.8) is 0 Å². The molecule has 0 aromatic heterocycles. The van der Waals surface area contributed by atoms with E-state index in [0.29, 0.717) is 12.2 Å². The van der Waals surface area contributed by atoms with E-state index in [1.54, 1.807) is 7.11 Å². The molecule has 1 aliphatic heterocycles. The maximum absolute atomic E-state index is 8.80. The second kappa shape index (κ2) is 6.55. The summed E-state index contributed by atoms with van der Waals surface area (Å²) in [6.07, 6.45) is 2.91. The molecule has 0 saturated carbocycles. The molecule has 1 aromatic rings. The SMILES string of the molecule is COc1c(CC#N)cccc1OC1CCCSC1. The number of nitrogens with zero attached hydrogens (tertiary/aromatic N) is 1. The molecule has 4 heteroatoms. The Labute approximate surface area is 112 Å². The van der Waals surface area contributed by atoms with Crippen LogP contribution in [0.4, 0.5) is 0 Å². The first-order valence-electron chi connectivity index (χ1n) is 6.12. The number of hydrogen-bond acceptors (Lipinski definition) is 4.